The van der Waals surface area contributed by atoms with Crippen molar-refractivity contribution in [2.45, 2.75) is 103 Å². The van der Waals surface area contributed by atoms with Crippen LogP contribution < -0.4 is 16.8 Å². The standard InChI is InChI=1S/C23H20N8O3.C17H16N6O.2C8H10N2O3.C4H5ClO.C4H8N2O3/c1-31-10-13(9-25-31)19-27-18-15(7-8-24-20(18)28-19)14-3-2-4-17(16(14)11-32)26-22(33)21-29-23(34-30-21)12-5-6-12;1-23-8-10(7-20-23)16-21-15-12(5-6-19-17(15)22-16)11-3-2-4-14(18)13(11)9-24;2*1-2-12-8(11)6-9-7(13-10-6)5-3-4-5;5-4(6)3-1-2-3;1-2-9-4(7)3(5)6-8/h2-4,7-10,12,32H,5-6,11H2,1H3,(H,26,33)(H,24,27,28);2-8,24H,9,18H2,1H3,(H,19,21,22);2*5H,2-4H2,1H3;3H,1-2H2;8H,2H2,1H3,(H2,5,6). The molecule has 0 atom stereocenters. The SMILES string of the molecule is CCOC(=O)C(N)=NO.CCOC(=O)c1noc(C2CC2)n1.CCOC(=O)c1noc(C2CC2)n1.Cn1cc(-c2nc3nccc(-c4cccc(N)c4CO)c3[nH]2)cn1.Cn1cc(-c2nc3nccc(-c4cccc(NC(=O)c5noc(C6CC6)n5)c4CO)c3[nH]2)cn1.O=C(Cl)C1CC1. The van der Waals surface area contributed by atoms with Gasteiger partial charge in [0.05, 0.1) is 67.6 Å². The number of ether oxygens (including phenoxy) is 3. The van der Waals surface area contributed by atoms with Gasteiger partial charge in [0.1, 0.15) is 11.6 Å². The Labute approximate surface area is 566 Å². The van der Waals surface area contributed by atoms with Crippen molar-refractivity contribution in [3.05, 3.63) is 132 Å². The minimum atomic E-state index is -0.806. The average Bonchev–Trinajstić information content (AvgIpc) is 1.75. The number of amides is 1. The number of imidazole rings is 2. The number of aliphatic hydroxyl groups excluding tert-OH is 2. The highest BCUT2D eigenvalue weighted by Gasteiger charge is 2.33. The molecule has 34 nitrogen and oxygen atoms in total. The van der Waals surface area contributed by atoms with E-state index in [1.165, 1.54) is 0 Å². The summed E-state index contributed by atoms with van der Waals surface area (Å²) < 4.78 is 32.2. The number of benzene rings is 2. The molecule has 2 aromatic carbocycles. The number of nitrogen functional groups attached to an aromatic ring is 1. The summed E-state index contributed by atoms with van der Waals surface area (Å²) in [7, 11) is 3.70. The molecular weight excluding hydrogens is 1310 g/mol. The molecule has 11 aromatic rings. The summed E-state index contributed by atoms with van der Waals surface area (Å²) in [4.78, 5) is 91.8. The summed E-state index contributed by atoms with van der Waals surface area (Å²) >= 11 is 5.04. The Morgan fingerprint density at radius 2 is 1.06 bits per heavy atom. The lowest BCUT2D eigenvalue weighted by Gasteiger charge is -2.14. The lowest BCUT2D eigenvalue weighted by molar-refractivity contribution is -0.135. The van der Waals surface area contributed by atoms with E-state index in [-0.39, 0.29) is 54.4 Å². The monoisotopic (exact) mass is 1380 g/mol. The molecule has 4 aliphatic rings. The molecule has 15 rings (SSSR count). The molecule has 99 heavy (non-hydrogen) atoms. The number of esters is 3. The molecule has 4 saturated carbocycles. The Kier molecular flexibility index (Phi) is 23.0. The number of aryl methyl sites for hydroxylation is 2. The first-order chi connectivity index (χ1) is 47.9. The van der Waals surface area contributed by atoms with E-state index in [2.05, 4.69) is 85.7 Å². The number of carbonyl (C=O) groups excluding carboxylic acids is 5. The molecular formula is C64H69ClN20O14. The number of aromatic amines is 2. The number of hydrogen-bond donors (Lipinski definition) is 8. The van der Waals surface area contributed by atoms with E-state index < -0.39 is 29.7 Å². The van der Waals surface area contributed by atoms with Crippen LogP contribution in [0.3, 0.4) is 0 Å². The highest BCUT2D eigenvalue weighted by Crippen LogP contribution is 2.41. The number of aromatic nitrogens is 16. The van der Waals surface area contributed by atoms with Crippen LogP contribution in [0.5, 0.6) is 0 Å². The zero-order valence-corrected chi connectivity index (χ0v) is 54.9. The number of fused-ring (bicyclic) bond motifs is 2. The van der Waals surface area contributed by atoms with Crippen LogP contribution in [0, 0.1) is 5.92 Å². The Morgan fingerprint density at radius 1 is 0.616 bits per heavy atom. The van der Waals surface area contributed by atoms with Gasteiger partial charge in [0.25, 0.3) is 23.4 Å². The third-order valence-corrected chi connectivity index (χ3v) is 15.3. The lowest BCUT2D eigenvalue weighted by atomic mass is 9.98. The predicted octanol–water partition coefficient (Wildman–Crippen LogP) is 7.84. The number of rotatable bonds is 17. The number of H-pyrrole nitrogens is 2. The number of aliphatic hydroxyl groups is 2. The van der Waals surface area contributed by atoms with E-state index in [0.29, 0.717) is 93.7 Å². The molecule has 0 aliphatic heterocycles. The van der Waals surface area contributed by atoms with Crippen molar-refractivity contribution in [3.63, 3.8) is 0 Å². The summed E-state index contributed by atoms with van der Waals surface area (Å²) in [6, 6.07) is 14.7. The van der Waals surface area contributed by atoms with Gasteiger partial charge in [0.2, 0.25) is 28.8 Å². The van der Waals surface area contributed by atoms with Crippen molar-refractivity contribution in [2.75, 3.05) is 30.9 Å². The molecule has 10 N–H and O–H groups in total. The zero-order chi connectivity index (χ0) is 70.3. The van der Waals surface area contributed by atoms with E-state index in [9.17, 15) is 34.2 Å². The molecule has 516 valence electrons. The first-order valence-corrected chi connectivity index (χ1v) is 31.7. The summed E-state index contributed by atoms with van der Waals surface area (Å²) in [6.45, 7) is 5.55. The Hall–Kier alpha value is -11.7. The van der Waals surface area contributed by atoms with E-state index in [4.69, 9.17) is 51.3 Å². The van der Waals surface area contributed by atoms with Crippen LogP contribution in [-0.2, 0) is 51.1 Å². The number of oxime groups is 1. The smallest absolute Gasteiger partial charge is 0.379 e. The van der Waals surface area contributed by atoms with Gasteiger partial charge in [-0.2, -0.15) is 25.1 Å². The number of amidine groups is 1. The highest BCUT2D eigenvalue weighted by molar-refractivity contribution is 6.64. The Bertz CT molecular complexity index is 4600. The number of halogens is 1. The molecule has 0 unspecified atom stereocenters. The molecule has 9 heterocycles. The fraction of sp³-hybridized carbons (Fsp3) is 0.344. The van der Waals surface area contributed by atoms with E-state index in [1.807, 2.05) is 56.8 Å². The van der Waals surface area contributed by atoms with E-state index in [0.717, 1.165) is 90.3 Å². The summed E-state index contributed by atoms with van der Waals surface area (Å²) in [6.07, 6.45) is 18.9. The van der Waals surface area contributed by atoms with E-state index >= 15 is 0 Å². The fourth-order valence-electron chi connectivity index (χ4n) is 9.37. The number of nitrogens with zero attached hydrogens (tertiary/aromatic N) is 15. The van der Waals surface area contributed by atoms with Gasteiger partial charge >= 0.3 is 17.9 Å². The van der Waals surface area contributed by atoms with Crippen molar-refractivity contribution in [1.29, 1.82) is 0 Å². The molecule has 4 fully saturated rings. The van der Waals surface area contributed by atoms with Gasteiger partial charge in [-0.3, -0.25) is 19.0 Å². The van der Waals surface area contributed by atoms with Crippen molar-refractivity contribution in [1.82, 2.24) is 79.9 Å². The van der Waals surface area contributed by atoms with Crippen LogP contribution in [-0.4, -0.2) is 150 Å². The van der Waals surface area contributed by atoms with Gasteiger partial charge in [-0.15, -0.1) is 0 Å². The zero-order valence-electron chi connectivity index (χ0n) is 54.2. The van der Waals surface area contributed by atoms with Gasteiger partial charge in [0, 0.05) is 96.2 Å². The third-order valence-electron chi connectivity index (χ3n) is 15.0. The number of hydrogen-bond acceptors (Lipinski definition) is 28. The first kappa shape index (κ1) is 70.2. The van der Waals surface area contributed by atoms with Gasteiger partial charge in [0.15, 0.2) is 11.3 Å². The maximum absolute atomic E-state index is 12.7. The average molecular weight is 1380 g/mol. The largest absolute Gasteiger partial charge is 0.460 e. The van der Waals surface area contributed by atoms with Gasteiger partial charge in [-0.1, -0.05) is 34.6 Å². The second-order valence-corrected chi connectivity index (χ2v) is 22.9. The van der Waals surface area contributed by atoms with Crippen LogP contribution in [0.15, 0.2) is 104 Å². The molecule has 0 bridgehead atoms. The van der Waals surface area contributed by atoms with E-state index in [1.54, 1.807) is 73.1 Å². The molecule has 1 amide bonds. The van der Waals surface area contributed by atoms with Gasteiger partial charge in [-0.25, -0.2) is 34.3 Å². The molecule has 35 heteroatoms. The number of nitrogens with one attached hydrogen (secondary N) is 3. The van der Waals surface area contributed by atoms with Crippen molar-refractivity contribution < 1.29 is 67.2 Å². The fourth-order valence-corrected chi connectivity index (χ4v) is 9.59. The molecule has 0 spiro atoms. The topological polar surface area (TPSA) is 486 Å². The van der Waals surface area contributed by atoms with Crippen LogP contribution >= 0.6 is 11.6 Å². The highest BCUT2D eigenvalue weighted by atomic mass is 35.5. The lowest BCUT2D eigenvalue weighted by Crippen LogP contribution is -2.25. The predicted molar refractivity (Wildman–Crippen MR) is 352 cm³/mol. The Morgan fingerprint density at radius 3 is 1.45 bits per heavy atom. The van der Waals surface area contributed by atoms with Crippen molar-refractivity contribution in [3.8, 4) is 45.0 Å². The molecule has 0 radical (unpaired) electrons. The minimum Gasteiger partial charge on any atom is -0.460 e. The quantitative estimate of drug-likeness (QED) is 0.00628. The second-order valence-electron chi connectivity index (χ2n) is 22.5. The van der Waals surface area contributed by atoms with Crippen LogP contribution in [0.25, 0.3) is 67.4 Å². The molecule has 0 saturated heterocycles. The minimum absolute atomic E-state index is 0.0304. The van der Waals surface area contributed by atoms with Crippen molar-refractivity contribution in [2.24, 2.45) is 30.9 Å². The second kappa shape index (κ2) is 32.4. The number of carbonyl (C=O) groups is 5. The maximum atomic E-state index is 12.7. The first-order valence-electron chi connectivity index (χ1n) is 31.3. The number of nitrogens with two attached hydrogens (primary N) is 2. The summed E-state index contributed by atoms with van der Waals surface area (Å²) in [5, 5.41) is 52.1. The molecule has 4 aliphatic carbocycles. The van der Waals surface area contributed by atoms with Crippen LogP contribution in [0.1, 0.15) is 151 Å². The van der Waals surface area contributed by atoms with Crippen molar-refractivity contribution >= 4 is 80.2 Å². The summed E-state index contributed by atoms with van der Waals surface area (Å²) in [5.41, 5.74) is 20.8. The van der Waals surface area contributed by atoms with Gasteiger partial charge < -0.3 is 70.0 Å². The third kappa shape index (κ3) is 18.1. The number of anilines is 2. The Balaban J connectivity index is 0.000000141. The summed E-state index contributed by atoms with van der Waals surface area (Å²) in [5.74, 6) is 1.34. The number of pyridine rings is 2. The normalized spacial score (nSPS) is 13.8. The van der Waals surface area contributed by atoms with Crippen LogP contribution in [0.2, 0.25) is 0 Å². The van der Waals surface area contributed by atoms with Gasteiger partial charge in [-0.05, 0) is 129 Å². The van der Waals surface area contributed by atoms with Crippen LogP contribution in [0.4, 0.5) is 11.4 Å². The maximum Gasteiger partial charge on any atom is 0.379 e. The molecule has 9 aromatic heterocycles.